The maximum Gasteiger partial charge on any atom is 0.229 e. The Labute approximate surface area is 181 Å². The molecule has 0 unspecified atom stereocenters. The monoisotopic (exact) mass is 447 g/mol. The van der Waals surface area contributed by atoms with Crippen LogP contribution < -0.4 is 15.4 Å². The van der Waals surface area contributed by atoms with Crippen molar-refractivity contribution in [2.75, 3.05) is 29.4 Å². The fourth-order valence-corrected chi connectivity index (χ4v) is 3.86. The Morgan fingerprint density at radius 3 is 2.61 bits per heavy atom. The second-order valence-corrected chi connectivity index (χ2v) is 9.77. The maximum absolute atomic E-state index is 11.7. The summed E-state index contributed by atoms with van der Waals surface area (Å²) >= 11 is 0. The lowest BCUT2D eigenvalue weighted by Crippen LogP contribution is -2.25. The normalized spacial score (nSPS) is 11.9. The molecule has 3 aromatic rings. The van der Waals surface area contributed by atoms with Gasteiger partial charge in [0.1, 0.15) is 5.82 Å². The summed E-state index contributed by atoms with van der Waals surface area (Å²) < 4.78 is 27.5. The van der Waals surface area contributed by atoms with Crippen LogP contribution in [-0.4, -0.2) is 53.3 Å². The van der Waals surface area contributed by atoms with E-state index in [-0.39, 0.29) is 5.91 Å². The summed E-state index contributed by atoms with van der Waals surface area (Å²) in [6, 6.07) is 5.16. The van der Waals surface area contributed by atoms with Crippen molar-refractivity contribution in [1.82, 2.24) is 24.9 Å². The van der Waals surface area contributed by atoms with Gasteiger partial charge in [0.2, 0.25) is 21.6 Å². The molecule has 0 saturated carbocycles. The molecule has 1 aromatic carbocycles. The molecule has 0 aliphatic rings. The van der Waals surface area contributed by atoms with E-state index in [2.05, 4.69) is 30.5 Å². The predicted molar refractivity (Wildman–Crippen MR) is 122 cm³/mol. The Kier molecular flexibility index (Phi) is 6.94. The molecular formula is C20H29N7O3S. The fraction of sp³-hybridized carbons (Fsp3) is 0.500. The number of nitrogens with zero attached hydrogens (tertiary/aromatic N) is 4. The van der Waals surface area contributed by atoms with Crippen LogP contribution in [0.15, 0.2) is 18.2 Å². The van der Waals surface area contributed by atoms with E-state index >= 15 is 0 Å². The minimum Gasteiger partial charge on any atom is -0.367 e. The lowest BCUT2D eigenvalue weighted by molar-refractivity contribution is -0.121. The predicted octanol–water partition coefficient (Wildman–Crippen LogP) is 2.31. The van der Waals surface area contributed by atoms with Gasteiger partial charge in [-0.2, -0.15) is 0 Å². The third kappa shape index (κ3) is 6.03. The third-order valence-corrected chi connectivity index (χ3v) is 5.21. The van der Waals surface area contributed by atoms with E-state index in [0.717, 1.165) is 24.6 Å². The number of sulfonamides is 1. The molecule has 0 aliphatic carbocycles. The van der Waals surface area contributed by atoms with Gasteiger partial charge in [-0.15, -0.1) is 10.2 Å². The van der Waals surface area contributed by atoms with Gasteiger partial charge < -0.3 is 10.6 Å². The van der Waals surface area contributed by atoms with E-state index in [1.54, 1.807) is 18.2 Å². The molecule has 1 amide bonds. The van der Waals surface area contributed by atoms with Crippen LogP contribution in [0, 0.1) is 12.8 Å². The summed E-state index contributed by atoms with van der Waals surface area (Å²) in [6.45, 7) is 7.19. The quantitative estimate of drug-likeness (QED) is 0.407. The van der Waals surface area contributed by atoms with Crippen LogP contribution in [0.2, 0.25) is 0 Å². The first-order valence-corrected chi connectivity index (χ1v) is 12.2. The van der Waals surface area contributed by atoms with Crippen LogP contribution in [0.25, 0.3) is 16.7 Å². The highest BCUT2D eigenvalue weighted by Crippen LogP contribution is 2.24. The summed E-state index contributed by atoms with van der Waals surface area (Å²) in [7, 11) is -3.39. The van der Waals surface area contributed by atoms with Crippen molar-refractivity contribution in [3.05, 3.63) is 24.0 Å². The fourth-order valence-electron chi connectivity index (χ4n) is 3.30. The largest absolute Gasteiger partial charge is 0.367 e. The van der Waals surface area contributed by atoms with Crippen molar-refractivity contribution < 1.29 is 13.2 Å². The first-order valence-electron chi connectivity index (χ1n) is 10.3. The summed E-state index contributed by atoms with van der Waals surface area (Å²) in [4.78, 5) is 16.3. The summed E-state index contributed by atoms with van der Waals surface area (Å²) in [5.41, 5.74) is 2.46. The zero-order valence-corrected chi connectivity index (χ0v) is 19.1. The average Bonchev–Trinajstić information content (AvgIpc) is 3.04. The van der Waals surface area contributed by atoms with Crippen molar-refractivity contribution in [2.24, 2.45) is 5.92 Å². The smallest absolute Gasteiger partial charge is 0.229 e. The molecular weight excluding hydrogens is 418 g/mol. The second-order valence-electron chi connectivity index (χ2n) is 8.03. The van der Waals surface area contributed by atoms with Crippen molar-refractivity contribution in [1.29, 1.82) is 0 Å². The van der Waals surface area contributed by atoms with Gasteiger partial charge in [-0.3, -0.25) is 13.9 Å². The minimum atomic E-state index is -3.39. The number of nitrogens with one attached hydrogen (secondary N) is 3. The average molecular weight is 448 g/mol. The van der Waals surface area contributed by atoms with Crippen molar-refractivity contribution in [2.45, 2.75) is 40.0 Å². The van der Waals surface area contributed by atoms with Gasteiger partial charge in [-0.05, 0) is 43.9 Å². The molecule has 11 heteroatoms. The van der Waals surface area contributed by atoms with Crippen molar-refractivity contribution in [3.8, 4) is 0 Å². The van der Waals surface area contributed by atoms with Crippen LogP contribution in [0.5, 0.6) is 0 Å². The highest BCUT2D eigenvalue weighted by Gasteiger charge is 2.14. The van der Waals surface area contributed by atoms with Crippen LogP contribution in [0.3, 0.4) is 0 Å². The summed E-state index contributed by atoms with van der Waals surface area (Å²) in [5.74, 6) is 1.72. The molecule has 0 spiro atoms. The number of rotatable bonds is 10. The highest BCUT2D eigenvalue weighted by atomic mass is 32.2. The Morgan fingerprint density at radius 2 is 1.90 bits per heavy atom. The molecule has 0 saturated heterocycles. The molecule has 2 heterocycles. The molecule has 0 aliphatic heterocycles. The first-order chi connectivity index (χ1) is 14.6. The van der Waals surface area contributed by atoms with Crippen LogP contribution in [0.4, 0.5) is 11.5 Å². The molecule has 2 aromatic heterocycles. The van der Waals surface area contributed by atoms with E-state index in [0.29, 0.717) is 53.9 Å². The number of carbonyl (C=O) groups is 1. The Hall–Kier alpha value is -2.95. The van der Waals surface area contributed by atoms with E-state index in [4.69, 9.17) is 0 Å². The number of carbonyl (C=O) groups excluding carboxylic acids is 1. The number of benzene rings is 1. The summed E-state index contributed by atoms with van der Waals surface area (Å²) in [5, 5.41) is 14.6. The van der Waals surface area contributed by atoms with Crippen LogP contribution >= 0.6 is 0 Å². The number of aromatic nitrogens is 4. The van der Waals surface area contributed by atoms with Gasteiger partial charge >= 0.3 is 0 Å². The molecule has 10 nitrogen and oxygen atoms in total. The van der Waals surface area contributed by atoms with E-state index < -0.39 is 10.0 Å². The highest BCUT2D eigenvalue weighted by molar-refractivity contribution is 7.92. The zero-order chi connectivity index (χ0) is 22.6. The van der Waals surface area contributed by atoms with E-state index in [9.17, 15) is 13.2 Å². The van der Waals surface area contributed by atoms with Gasteiger partial charge in [0, 0.05) is 19.5 Å². The molecule has 31 heavy (non-hydrogen) atoms. The lowest BCUT2D eigenvalue weighted by atomic mass is 10.1. The number of anilines is 2. The Bertz CT molecular complexity index is 1190. The van der Waals surface area contributed by atoms with Gasteiger partial charge in [-0.25, -0.2) is 13.4 Å². The number of fused-ring (bicyclic) bond motifs is 3. The van der Waals surface area contributed by atoms with Crippen LogP contribution in [-0.2, 0) is 14.8 Å². The molecule has 0 bridgehead atoms. The number of hydrogen-bond acceptors (Lipinski definition) is 7. The molecule has 0 fully saturated rings. The lowest BCUT2D eigenvalue weighted by Gasteiger charge is -2.11. The van der Waals surface area contributed by atoms with Crippen LogP contribution in [0.1, 0.15) is 38.9 Å². The maximum atomic E-state index is 11.7. The van der Waals surface area contributed by atoms with Gasteiger partial charge in [0.15, 0.2) is 5.82 Å². The topological polar surface area (TPSA) is 130 Å². The number of aryl methyl sites for hydroxylation is 1. The molecule has 0 radical (unpaired) electrons. The number of hydrogen-bond donors (Lipinski definition) is 3. The number of amides is 1. The molecule has 0 atom stereocenters. The van der Waals surface area contributed by atoms with Gasteiger partial charge in [0.25, 0.3) is 0 Å². The minimum absolute atomic E-state index is 0.0818. The van der Waals surface area contributed by atoms with E-state index in [1.165, 1.54) is 0 Å². The molecule has 3 N–H and O–H groups in total. The molecule has 3 rings (SSSR count). The zero-order valence-electron chi connectivity index (χ0n) is 18.3. The number of unbranched alkanes of at least 4 members (excludes halogenated alkanes) is 1. The third-order valence-electron chi connectivity index (χ3n) is 4.60. The SMILES string of the molecule is Cc1nnc2c(NCCCCNC(=O)CC(C)C)nc3cc(NS(C)(=O)=O)ccc3n12. The van der Waals surface area contributed by atoms with Crippen molar-refractivity contribution >= 4 is 44.1 Å². The van der Waals surface area contributed by atoms with Crippen molar-refractivity contribution in [3.63, 3.8) is 0 Å². The van der Waals surface area contributed by atoms with E-state index in [1.807, 2.05) is 25.2 Å². The van der Waals surface area contributed by atoms with Gasteiger partial charge in [0.05, 0.1) is 23.0 Å². The Balaban J connectivity index is 1.71. The second kappa shape index (κ2) is 9.46. The molecule has 168 valence electrons. The first kappa shape index (κ1) is 22.7. The Morgan fingerprint density at radius 1 is 1.16 bits per heavy atom. The summed E-state index contributed by atoms with van der Waals surface area (Å²) in [6.07, 6.45) is 3.33. The standard InChI is InChI=1S/C20H29N7O3S/c1-13(2)11-18(28)21-9-5-6-10-22-19-20-25-24-14(3)27(20)17-8-7-15(12-16(17)23-19)26-31(4,29)30/h7-8,12-13,26H,5-6,9-11H2,1-4H3,(H,21,28)(H,22,23). The van der Waals surface area contributed by atoms with Gasteiger partial charge in [-0.1, -0.05) is 13.8 Å².